The molecule has 0 spiro atoms. The van der Waals surface area contributed by atoms with Gasteiger partial charge in [0, 0.05) is 22.7 Å². The Balaban J connectivity index is 2.06. The minimum absolute atomic E-state index is 0.0838. The molecule has 28 heavy (non-hydrogen) atoms. The van der Waals surface area contributed by atoms with Crippen molar-refractivity contribution in [2.24, 2.45) is 0 Å². The maximum absolute atomic E-state index is 13.4. The van der Waals surface area contributed by atoms with E-state index >= 15 is 0 Å². The molecule has 0 saturated carbocycles. The molecule has 3 rings (SSSR count). The number of nitriles is 1. The van der Waals surface area contributed by atoms with Crippen LogP contribution in [0.25, 0.3) is 17.0 Å². The summed E-state index contributed by atoms with van der Waals surface area (Å²) < 4.78 is 29.2. The highest BCUT2D eigenvalue weighted by Crippen LogP contribution is 2.38. The van der Waals surface area contributed by atoms with E-state index in [1.807, 2.05) is 6.07 Å². The zero-order valence-corrected chi connectivity index (χ0v) is 15.5. The van der Waals surface area contributed by atoms with Gasteiger partial charge in [-0.3, -0.25) is 4.79 Å². The van der Waals surface area contributed by atoms with Crippen molar-refractivity contribution in [3.05, 3.63) is 59.0 Å². The number of aromatic nitrogens is 1. The second-order valence-electron chi connectivity index (χ2n) is 5.85. The number of benzene rings is 2. The number of allylic oxidation sites excluding steroid dienone is 1. The number of rotatable bonds is 6. The zero-order chi connectivity index (χ0) is 20.3. The molecule has 0 radical (unpaired) electrons. The molecule has 7 heteroatoms. The van der Waals surface area contributed by atoms with E-state index in [-0.39, 0.29) is 11.1 Å². The normalized spacial score (nSPS) is 11.2. The van der Waals surface area contributed by atoms with Crippen LogP contribution in [-0.2, 0) is 0 Å². The predicted octanol–water partition coefficient (Wildman–Crippen LogP) is 4.12. The number of fused-ring (bicyclic) bond motifs is 1. The van der Waals surface area contributed by atoms with Crippen LogP contribution < -0.4 is 14.2 Å². The predicted molar refractivity (Wildman–Crippen MR) is 102 cm³/mol. The average Bonchev–Trinajstić information content (AvgIpc) is 3.13. The molecule has 0 amide bonds. The number of methoxy groups -OCH3 is 3. The third kappa shape index (κ3) is 3.40. The first-order chi connectivity index (χ1) is 13.5. The molecule has 142 valence electrons. The Morgan fingerprint density at radius 1 is 1.11 bits per heavy atom. The number of halogens is 1. The quantitative estimate of drug-likeness (QED) is 0.395. The van der Waals surface area contributed by atoms with Crippen molar-refractivity contribution in [2.45, 2.75) is 0 Å². The van der Waals surface area contributed by atoms with E-state index in [0.717, 1.165) is 0 Å². The van der Waals surface area contributed by atoms with Gasteiger partial charge >= 0.3 is 0 Å². The largest absolute Gasteiger partial charge is 0.493 e. The first-order valence-corrected chi connectivity index (χ1v) is 8.25. The van der Waals surface area contributed by atoms with Crippen LogP contribution in [0.2, 0.25) is 0 Å². The van der Waals surface area contributed by atoms with Crippen molar-refractivity contribution in [3.63, 3.8) is 0 Å². The van der Waals surface area contributed by atoms with Crippen molar-refractivity contribution in [3.8, 4) is 23.3 Å². The summed E-state index contributed by atoms with van der Waals surface area (Å²) in [6.07, 6.45) is 2.90. The SMILES string of the molecule is COc1cc(C=C(C#N)C(=O)c2c[nH]c3cc(F)ccc23)cc(OC)c1OC. The Morgan fingerprint density at radius 2 is 1.79 bits per heavy atom. The third-order valence-electron chi connectivity index (χ3n) is 4.25. The van der Waals surface area contributed by atoms with Gasteiger partial charge in [0.15, 0.2) is 11.5 Å². The van der Waals surface area contributed by atoms with Gasteiger partial charge in [-0.25, -0.2) is 4.39 Å². The number of ketones is 1. The second-order valence-corrected chi connectivity index (χ2v) is 5.85. The van der Waals surface area contributed by atoms with Crippen LogP contribution in [0.4, 0.5) is 4.39 Å². The molecule has 1 N–H and O–H groups in total. The summed E-state index contributed by atoms with van der Waals surface area (Å²) in [6, 6.07) is 9.26. The number of carbonyl (C=O) groups excluding carboxylic acids is 1. The number of carbonyl (C=O) groups is 1. The average molecular weight is 380 g/mol. The maximum atomic E-state index is 13.4. The van der Waals surface area contributed by atoms with E-state index in [1.165, 1.54) is 51.8 Å². The van der Waals surface area contributed by atoms with Crippen LogP contribution in [0, 0.1) is 17.1 Å². The smallest absolute Gasteiger partial charge is 0.205 e. The molecule has 3 aromatic rings. The van der Waals surface area contributed by atoms with Gasteiger partial charge in [-0.1, -0.05) is 0 Å². The molecule has 0 aliphatic heterocycles. The van der Waals surface area contributed by atoms with Crippen molar-refractivity contribution in [2.75, 3.05) is 21.3 Å². The maximum Gasteiger partial charge on any atom is 0.205 e. The van der Waals surface area contributed by atoms with Crippen molar-refractivity contribution >= 4 is 22.8 Å². The first-order valence-electron chi connectivity index (χ1n) is 8.25. The fourth-order valence-corrected chi connectivity index (χ4v) is 2.93. The Kier molecular flexibility index (Phi) is 5.32. The van der Waals surface area contributed by atoms with E-state index in [2.05, 4.69) is 4.98 Å². The summed E-state index contributed by atoms with van der Waals surface area (Å²) >= 11 is 0. The van der Waals surface area contributed by atoms with E-state index in [0.29, 0.717) is 33.7 Å². The minimum atomic E-state index is -0.478. The molecule has 0 fully saturated rings. The van der Waals surface area contributed by atoms with Crippen LogP contribution >= 0.6 is 0 Å². The molecule has 0 atom stereocenters. The lowest BCUT2D eigenvalue weighted by atomic mass is 10.0. The van der Waals surface area contributed by atoms with Crippen LogP contribution in [-0.4, -0.2) is 32.1 Å². The minimum Gasteiger partial charge on any atom is -0.493 e. The number of hydrogen-bond donors (Lipinski definition) is 1. The first kappa shape index (κ1) is 19.0. The number of Topliss-reactive ketones (excluding diaryl/α,β-unsaturated/α-hetero) is 1. The highest BCUT2D eigenvalue weighted by atomic mass is 19.1. The van der Waals surface area contributed by atoms with Gasteiger partial charge in [-0.15, -0.1) is 0 Å². The van der Waals surface area contributed by atoms with Gasteiger partial charge < -0.3 is 19.2 Å². The molecule has 6 nitrogen and oxygen atoms in total. The van der Waals surface area contributed by atoms with Crippen LogP contribution in [0.3, 0.4) is 0 Å². The highest BCUT2D eigenvalue weighted by Gasteiger charge is 2.18. The number of H-pyrrole nitrogens is 1. The van der Waals surface area contributed by atoms with E-state index < -0.39 is 11.6 Å². The van der Waals surface area contributed by atoms with Gasteiger partial charge in [-0.2, -0.15) is 5.26 Å². The summed E-state index contributed by atoms with van der Waals surface area (Å²) in [4.78, 5) is 15.7. The highest BCUT2D eigenvalue weighted by molar-refractivity contribution is 6.19. The van der Waals surface area contributed by atoms with E-state index in [1.54, 1.807) is 12.1 Å². The monoisotopic (exact) mass is 380 g/mol. The summed E-state index contributed by atoms with van der Waals surface area (Å²) in [5.41, 5.74) is 1.22. The van der Waals surface area contributed by atoms with Crippen LogP contribution in [0.5, 0.6) is 17.2 Å². The van der Waals surface area contributed by atoms with Crippen molar-refractivity contribution in [1.29, 1.82) is 5.26 Å². The Hall–Kier alpha value is -3.79. The molecule has 1 aromatic heterocycles. The molecule has 2 aromatic carbocycles. The molecular formula is C21H17FN2O4. The molecule has 0 saturated heterocycles. The summed E-state index contributed by atoms with van der Waals surface area (Å²) in [5.74, 6) is 0.322. The fourth-order valence-electron chi connectivity index (χ4n) is 2.93. The molecule has 0 aliphatic rings. The fraction of sp³-hybridized carbons (Fsp3) is 0.143. The van der Waals surface area contributed by atoms with Gasteiger partial charge in [0.1, 0.15) is 17.5 Å². The lowest BCUT2D eigenvalue weighted by molar-refractivity contribution is 0.104. The van der Waals surface area contributed by atoms with Crippen LogP contribution in [0.1, 0.15) is 15.9 Å². The molecular weight excluding hydrogens is 363 g/mol. The van der Waals surface area contributed by atoms with Crippen molar-refractivity contribution < 1.29 is 23.4 Å². The number of nitrogens with zero attached hydrogens (tertiary/aromatic N) is 1. The molecule has 0 unspecified atom stereocenters. The van der Waals surface area contributed by atoms with Gasteiger partial charge in [-0.05, 0) is 42.0 Å². The third-order valence-corrected chi connectivity index (χ3v) is 4.25. The Labute approximate surface area is 160 Å². The van der Waals surface area contributed by atoms with Crippen LogP contribution in [0.15, 0.2) is 42.1 Å². The molecule has 0 bridgehead atoms. The standard InChI is InChI=1S/C21H17FN2O4/c1-26-18-7-12(8-19(27-2)21(18)28-3)6-13(10-23)20(25)16-11-24-17-9-14(22)4-5-15(16)17/h4-9,11,24H,1-3H3. The summed E-state index contributed by atoms with van der Waals surface area (Å²) in [7, 11) is 4.44. The van der Waals surface area contributed by atoms with Gasteiger partial charge in [0.2, 0.25) is 11.5 Å². The zero-order valence-electron chi connectivity index (χ0n) is 15.5. The number of aromatic amines is 1. The van der Waals surface area contributed by atoms with Gasteiger partial charge in [0.05, 0.1) is 21.3 Å². The topological polar surface area (TPSA) is 84.3 Å². The Bertz CT molecular complexity index is 1100. The van der Waals surface area contributed by atoms with E-state index in [4.69, 9.17) is 14.2 Å². The van der Waals surface area contributed by atoms with E-state index in [9.17, 15) is 14.4 Å². The lowest BCUT2D eigenvalue weighted by Gasteiger charge is -2.13. The number of nitrogens with one attached hydrogen (secondary N) is 1. The van der Waals surface area contributed by atoms with Gasteiger partial charge in [0.25, 0.3) is 0 Å². The molecule has 0 aliphatic carbocycles. The summed E-state index contributed by atoms with van der Waals surface area (Å²) in [5, 5.41) is 10.1. The number of hydrogen-bond acceptors (Lipinski definition) is 5. The molecule has 1 heterocycles. The Morgan fingerprint density at radius 3 is 2.36 bits per heavy atom. The second kappa shape index (κ2) is 7.84. The summed E-state index contributed by atoms with van der Waals surface area (Å²) in [6.45, 7) is 0. The van der Waals surface area contributed by atoms with Crippen molar-refractivity contribution in [1.82, 2.24) is 4.98 Å². The lowest BCUT2D eigenvalue weighted by Crippen LogP contribution is -2.01. The number of ether oxygens (including phenoxy) is 3.